The zero-order valence-corrected chi connectivity index (χ0v) is 18.5. The fraction of sp³-hybridized carbons (Fsp3) is 0.880. The van der Waals surface area contributed by atoms with Crippen molar-refractivity contribution in [1.29, 1.82) is 0 Å². The molecular weight excluding hydrogens is 330 g/mol. The second-order valence-corrected chi connectivity index (χ2v) is 11.2. The van der Waals surface area contributed by atoms with Gasteiger partial charge in [0.1, 0.15) is 0 Å². The van der Waals surface area contributed by atoms with Crippen molar-refractivity contribution in [2.45, 2.75) is 85.6 Å². The average Bonchev–Trinajstić information content (AvgIpc) is 2.98. The first-order valence-electron chi connectivity index (χ1n) is 11.7. The minimum atomic E-state index is 0.175. The Hall–Kier alpha value is -0.790. The number of amides is 1. The van der Waals surface area contributed by atoms with E-state index in [0.717, 1.165) is 35.5 Å². The quantitative estimate of drug-likeness (QED) is 0.602. The van der Waals surface area contributed by atoms with E-state index in [2.05, 4.69) is 45.6 Å². The molecule has 9 atom stereocenters. The molecule has 0 aromatic carbocycles. The molecule has 1 amide bonds. The van der Waals surface area contributed by atoms with E-state index >= 15 is 0 Å². The molecule has 1 aliphatic heterocycles. The van der Waals surface area contributed by atoms with Crippen LogP contribution in [-0.2, 0) is 4.79 Å². The Morgan fingerprint density at radius 1 is 1.22 bits per heavy atom. The van der Waals surface area contributed by atoms with Gasteiger partial charge in [-0.3, -0.25) is 4.79 Å². The molecule has 0 radical (unpaired) electrons. The van der Waals surface area contributed by atoms with E-state index in [9.17, 15) is 4.79 Å². The van der Waals surface area contributed by atoms with Gasteiger partial charge in [-0.15, -0.1) is 0 Å². The second-order valence-electron chi connectivity index (χ2n) is 11.2. The predicted molar refractivity (Wildman–Crippen MR) is 112 cm³/mol. The van der Waals surface area contributed by atoms with Crippen LogP contribution in [0.1, 0.15) is 79.6 Å². The predicted octanol–water partition coefficient (Wildman–Crippen LogP) is 5.92. The van der Waals surface area contributed by atoms with Gasteiger partial charge in [-0.2, -0.15) is 0 Å². The average molecular weight is 372 g/mol. The maximum absolute atomic E-state index is 12.3. The molecule has 0 spiro atoms. The van der Waals surface area contributed by atoms with E-state index in [4.69, 9.17) is 0 Å². The molecule has 1 heterocycles. The number of hydrogen-bond acceptors (Lipinski definition) is 1. The van der Waals surface area contributed by atoms with E-state index < -0.39 is 0 Å². The molecule has 0 aromatic rings. The van der Waals surface area contributed by atoms with Crippen molar-refractivity contribution in [3.05, 3.63) is 12.2 Å². The fourth-order valence-electron chi connectivity index (χ4n) is 8.69. The number of carbonyl (C=O) groups is 1. The van der Waals surface area contributed by atoms with E-state index in [0.29, 0.717) is 11.5 Å². The molecule has 3 fully saturated rings. The van der Waals surface area contributed by atoms with E-state index in [1.807, 2.05) is 13.1 Å². The first kappa shape index (κ1) is 19.5. The summed E-state index contributed by atoms with van der Waals surface area (Å²) in [5.74, 6) is 5.23. The van der Waals surface area contributed by atoms with Crippen molar-refractivity contribution in [3.63, 3.8) is 0 Å². The smallest absolute Gasteiger partial charge is 0.246 e. The highest BCUT2D eigenvalue weighted by Crippen LogP contribution is 2.67. The Morgan fingerprint density at radius 3 is 2.67 bits per heavy atom. The lowest BCUT2D eigenvalue weighted by Crippen LogP contribution is -2.61. The molecular formula is C25H41NO. The number of likely N-dealkylation sites (N-methyl/N-ethyl adjacent to an activating group) is 1. The van der Waals surface area contributed by atoms with Crippen molar-refractivity contribution < 1.29 is 4.79 Å². The summed E-state index contributed by atoms with van der Waals surface area (Å²) in [4.78, 5) is 14.4. The van der Waals surface area contributed by atoms with E-state index in [-0.39, 0.29) is 11.3 Å². The molecule has 0 aromatic heterocycles. The molecule has 0 bridgehead atoms. The van der Waals surface area contributed by atoms with E-state index in [1.165, 1.54) is 44.9 Å². The highest BCUT2D eigenvalue weighted by Gasteiger charge is 2.62. The fourth-order valence-corrected chi connectivity index (χ4v) is 8.69. The van der Waals surface area contributed by atoms with Gasteiger partial charge in [0.05, 0.1) is 0 Å². The Bertz CT molecular complexity index is 626. The summed E-state index contributed by atoms with van der Waals surface area (Å²) < 4.78 is 0. The molecule has 3 saturated carbocycles. The van der Waals surface area contributed by atoms with Crippen molar-refractivity contribution >= 4 is 5.91 Å². The lowest BCUT2D eigenvalue weighted by Gasteiger charge is -2.62. The molecule has 2 nitrogen and oxygen atoms in total. The van der Waals surface area contributed by atoms with Crippen LogP contribution in [0.15, 0.2) is 12.2 Å². The van der Waals surface area contributed by atoms with Crippen molar-refractivity contribution in [2.24, 2.45) is 46.3 Å². The van der Waals surface area contributed by atoms with E-state index in [1.54, 1.807) is 0 Å². The number of fused-ring (bicyclic) bond motifs is 5. The number of hydrogen-bond donors (Lipinski definition) is 0. The summed E-state index contributed by atoms with van der Waals surface area (Å²) >= 11 is 0. The summed E-state index contributed by atoms with van der Waals surface area (Å²) in [7, 11) is 2.03. The van der Waals surface area contributed by atoms with Gasteiger partial charge in [0.25, 0.3) is 0 Å². The van der Waals surface area contributed by atoms with Crippen molar-refractivity contribution in [2.75, 3.05) is 7.05 Å². The van der Waals surface area contributed by atoms with Gasteiger partial charge >= 0.3 is 0 Å². The number of carbonyl (C=O) groups excluding carboxylic acids is 1. The monoisotopic (exact) mass is 371 g/mol. The van der Waals surface area contributed by atoms with Crippen LogP contribution in [0.4, 0.5) is 0 Å². The van der Waals surface area contributed by atoms with Gasteiger partial charge in [-0.25, -0.2) is 0 Å². The standard InChI is InChI=1S/C25H41NO/c1-7-8-16(2)18-9-10-19-23-17(3)15-21-25(5,14-12-22(27)26(21)6)20(23)11-13-24(18,19)4/h12,14,16-21,23H,7-11,13,15H2,1-6H3/t16?,17?,18-,19+,20+,21?,23+,24-,25-/m1/s1. The first-order valence-corrected chi connectivity index (χ1v) is 11.7. The van der Waals surface area contributed by atoms with Crippen LogP contribution >= 0.6 is 0 Å². The highest BCUT2D eigenvalue weighted by atomic mass is 16.2. The Labute approximate surface area is 167 Å². The van der Waals surface area contributed by atoms with Crippen molar-refractivity contribution in [3.8, 4) is 0 Å². The Kier molecular flexibility index (Phi) is 4.79. The molecule has 4 rings (SSSR count). The largest absolute Gasteiger partial charge is 0.338 e. The summed E-state index contributed by atoms with van der Waals surface area (Å²) in [5.41, 5.74) is 0.724. The Balaban J connectivity index is 1.66. The summed E-state index contributed by atoms with van der Waals surface area (Å²) in [5, 5.41) is 0. The highest BCUT2D eigenvalue weighted by molar-refractivity contribution is 5.89. The maximum Gasteiger partial charge on any atom is 0.246 e. The van der Waals surface area contributed by atoms with Crippen LogP contribution in [0.2, 0.25) is 0 Å². The lowest BCUT2D eigenvalue weighted by molar-refractivity contribution is -0.145. The topological polar surface area (TPSA) is 20.3 Å². The number of nitrogens with zero attached hydrogens (tertiary/aromatic N) is 1. The second kappa shape index (κ2) is 6.63. The third kappa shape index (κ3) is 2.68. The summed E-state index contributed by atoms with van der Waals surface area (Å²) in [6, 6.07) is 0.395. The maximum atomic E-state index is 12.3. The third-order valence-electron chi connectivity index (χ3n) is 10.0. The zero-order valence-electron chi connectivity index (χ0n) is 18.5. The summed E-state index contributed by atoms with van der Waals surface area (Å²) in [6.45, 7) is 12.5. The zero-order chi connectivity index (χ0) is 19.6. The van der Waals surface area contributed by atoms with Gasteiger partial charge in [-0.05, 0) is 79.1 Å². The minimum absolute atomic E-state index is 0.175. The molecule has 2 heteroatoms. The van der Waals surface area contributed by atoms with Crippen LogP contribution in [0.25, 0.3) is 0 Å². The summed E-state index contributed by atoms with van der Waals surface area (Å²) in [6.07, 6.45) is 13.8. The van der Waals surface area contributed by atoms with Gasteiger partial charge < -0.3 is 4.90 Å². The first-order chi connectivity index (χ1) is 12.7. The molecule has 3 unspecified atom stereocenters. The van der Waals surface area contributed by atoms with Crippen LogP contribution < -0.4 is 0 Å². The van der Waals surface area contributed by atoms with Gasteiger partial charge in [0.2, 0.25) is 5.91 Å². The molecule has 4 aliphatic rings. The van der Waals surface area contributed by atoms with Crippen LogP contribution in [0, 0.1) is 46.3 Å². The Morgan fingerprint density at radius 2 is 1.96 bits per heavy atom. The molecule has 152 valence electrons. The van der Waals surface area contributed by atoms with Crippen LogP contribution in [-0.4, -0.2) is 23.9 Å². The molecule has 0 saturated heterocycles. The molecule has 3 aliphatic carbocycles. The van der Waals surface area contributed by atoms with Crippen LogP contribution in [0.5, 0.6) is 0 Å². The van der Waals surface area contributed by atoms with Crippen molar-refractivity contribution in [1.82, 2.24) is 4.90 Å². The van der Waals surface area contributed by atoms with Crippen LogP contribution in [0.3, 0.4) is 0 Å². The molecule has 27 heavy (non-hydrogen) atoms. The lowest BCUT2D eigenvalue weighted by atomic mass is 9.45. The SMILES string of the molecule is CCCC(C)[C@H]1CC[C@H]2[C@@H]3C(C)CC4N(C)C(=O)C=C[C@]4(C)[C@H]3CC[C@]12C. The van der Waals surface area contributed by atoms with Gasteiger partial charge in [0, 0.05) is 18.5 Å². The van der Waals surface area contributed by atoms with Gasteiger partial charge in [0.15, 0.2) is 0 Å². The third-order valence-corrected chi connectivity index (χ3v) is 10.0. The van der Waals surface area contributed by atoms with Gasteiger partial charge in [-0.1, -0.05) is 53.5 Å². The molecule has 0 N–H and O–H groups in total. The number of rotatable bonds is 3. The minimum Gasteiger partial charge on any atom is -0.338 e. The normalized spacial score (nSPS) is 50.1.